The van der Waals surface area contributed by atoms with Crippen molar-refractivity contribution in [2.24, 2.45) is 44.1 Å². The third-order valence-electron chi connectivity index (χ3n) is 12.7. The summed E-state index contributed by atoms with van der Waals surface area (Å²) in [4.78, 5) is -1.41. The Bertz CT molecular complexity index is 2230. The second-order valence-electron chi connectivity index (χ2n) is 18.1. The standard InChI is InChI=1S/C22H16N4O7S2.2C16H35N/c27-22-20(35(31,32)33)13-14-12-18(34(28,29)30)10-11-19(14)21(22)26-25-17-8-6-16(7-9-17)24-23-15-4-2-1-3-5-15;2*1-5-9-11-15(7-3)13-17-14-16(8-4)12-10-6-2/h1-13,27H,(H,28,29,30)(H,31,32,33);2*15-17H,5-14H2,1-4H3. The first kappa shape index (κ1) is 61.0. The molecule has 386 valence electrons. The monoisotopic (exact) mass is 995 g/mol. The number of fused-ring (bicyclic) bond motifs is 1. The molecule has 4 aromatic rings. The van der Waals surface area contributed by atoms with E-state index in [1.54, 1.807) is 36.4 Å². The average molecular weight is 995 g/mol. The first-order valence-corrected chi connectivity index (χ1v) is 28.6. The van der Waals surface area contributed by atoms with Crippen LogP contribution in [-0.2, 0) is 20.2 Å². The fourth-order valence-electron chi connectivity index (χ4n) is 7.85. The Hall–Kier alpha value is -4.12. The molecule has 0 radical (unpaired) electrons. The topological polar surface area (TPSA) is 202 Å². The third-order valence-corrected chi connectivity index (χ3v) is 14.4. The van der Waals surface area contributed by atoms with Crippen molar-refractivity contribution in [1.82, 2.24) is 10.6 Å². The Kier molecular flexibility index (Phi) is 30.3. The van der Waals surface area contributed by atoms with Crippen molar-refractivity contribution in [3.8, 4) is 5.75 Å². The van der Waals surface area contributed by atoms with Gasteiger partial charge in [-0.3, -0.25) is 9.11 Å². The van der Waals surface area contributed by atoms with Gasteiger partial charge in [-0.25, -0.2) is 0 Å². The Balaban J connectivity index is 0.000000404. The van der Waals surface area contributed by atoms with Crippen molar-refractivity contribution in [2.75, 3.05) is 26.2 Å². The highest BCUT2D eigenvalue weighted by Gasteiger charge is 2.23. The molecule has 0 heterocycles. The van der Waals surface area contributed by atoms with Gasteiger partial charge in [0.15, 0.2) is 5.75 Å². The molecule has 0 fully saturated rings. The lowest BCUT2D eigenvalue weighted by atomic mass is 9.97. The van der Waals surface area contributed by atoms with Crippen molar-refractivity contribution in [1.29, 1.82) is 0 Å². The molecule has 4 rings (SSSR count). The zero-order chi connectivity index (χ0) is 51.1. The van der Waals surface area contributed by atoms with Crippen LogP contribution in [0.4, 0.5) is 22.7 Å². The highest BCUT2D eigenvalue weighted by molar-refractivity contribution is 7.86. The number of nitrogens with zero attached hydrogens (tertiary/aromatic N) is 4. The number of phenolic OH excluding ortho intramolecular Hbond substituents is 1. The minimum atomic E-state index is -4.90. The number of rotatable bonds is 30. The molecular weight excluding hydrogens is 909 g/mol. The maximum Gasteiger partial charge on any atom is 0.298 e. The van der Waals surface area contributed by atoms with Gasteiger partial charge >= 0.3 is 0 Å². The second kappa shape index (κ2) is 34.2. The minimum Gasteiger partial charge on any atom is -0.504 e. The first-order valence-electron chi connectivity index (χ1n) is 25.7. The van der Waals surface area contributed by atoms with Gasteiger partial charge in [0.2, 0.25) is 0 Å². The van der Waals surface area contributed by atoms with Gasteiger partial charge in [-0.1, -0.05) is 157 Å². The van der Waals surface area contributed by atoms with Gasteiger partial charge < -0.3 is 15.7 Å². The van der Waals surface area contributed by atoms with E-state index in [4.69, 9.17) is 0 Å². The molecular formula is C54H86N6O7S2. The predicted molar refractivity (Wildman–Crippen MR) is 285 cm³/mol. The Labute approximate surface area is 416 Å². The maximum atomic E-state index is 11.7. The van der Waals surface area contributed by atoms with Crippen LogP contribution in [0, 0.1) is 23.7 Å². The number of nitrogens with one attached hydrogen (secondary N) is 2. The van der Waals surface area contributed by atoms with E-state index in [2.05, 4.69) is 86.5 Å². The summed E-state index contributed by atoms with van der Waals surface area (Å²) in [5.74, 6) is 2.73. The van der Waals surface area contributed by atoms with E-state index in [0.29, 0.717) is 17.1 Å². The SMILES string of the molecule is CCCCC(CC)CNCC(CC)CCCC.CCCCC(CC)CNCC(CC)CCCC.O=S(=O)(O)c1ccc2c(N=Nc3ccc(N=Nc4ccccc4)cc3)c(O)c(S(=O)(=O)O)cc2c1. The van der Waals surface area contributed by atoms with Gasteiger partial charge in [-0.05, 0) is 136 Å². The van der Waals surface area contributed by atoms with E-state index in [-0.39, 0.29) is 16.5 Å². The smallest absolute Gasteiger partial charge is 0.298 e. The average Bonchev–Trinajstić information content (AvgIpc) is 3.34. The highest BCUT2D eigenvalue weighted by atomic mass is 32.2. The van der Waals surface area contributed by atoms with Crippen LogP contribution in [-0.4, -0.2) is 57.2 Å². The summed E-state index contributed by atoms with van der Waals surface area (Å²) in [6, 6.07) is 19.6. The van der Waals surface area contributed by atoms with E-state index in [0.717, 1.165) is 41.9 Å². The largest absolute Gasteiger partial charge is 0.504 e. The van der Waals surface area contributed by atoms with Gasteiger partial charge in [0, 0.05) is 5.39 Å². The van der Waals surface area contributed by atoms with Crippen LogP contribution in [0.25, 0.3) is 10.8 Å². The van der Waals surface area contributed by atoms with Crippen molar-refractivity contribution in [2.45, 2.75) is 168 Å². The van der Waals surface area contributed by atoms with Crippen molar-refractivity contribution >= 4 is 53.8 Å². The van der Waals surface area contributed by atoms with Gasteiger partial charge in [0.1, 0.15) is 10.6 Å². The number of hydrogen-bond acceptors (Lipinski definition) is 11. The molecule has 4 unspecified atom stereocenters. The molecule has 0 bridgehead atoms. The number of aromatic hydroxyl groups is 1. The Morgan fingerprint density at radius 3 is 1.20 bits per heavy atom. The van der Waals surface area contributed by atoms with Crippen LogP contribution in [0.2, 0.25) is 0 Å². The molecule has 0 saturated carbocycles. The second-order valence-corrected chi connectivity index (χ2v) is 21.0. The Morgan fingerprint density at radius 2 is 0.855 bits per heavy atom. The molecule has 0 spiro atoms. The summed E-state index contributed by atoms with van der Waals surface area (Å²) in [5, 5.41) is 34.1. The minimum absolute atomic E-state index is 0.0313. The number of hydrogen-bond donors (Lipinski definition) is 5. The fourth-order valence-corrected chi connectivity index (χ4v) is 8.98. The van der Waals surface area contributed by atoms with Crippen molar-refractivity contribution < 1.29 is 31.0 Å². The molecule has 5 N–H and O–H groups in total. The van der Waals surface area contributed by atoms with Crippen LogP contribution in [0.1, 0.15) is 158 Å². The van der Waals surface area contributed by atoms with E-state index in [1.807, 2.05) is 18.2 Å². The van der Waals surface area contributed by atoms with Crippen molar-refractivity contribution in [3.63, 3.8) is 0 Å². The molecule has 0 aliphatic carbocycles. The van der Waals surface area contributed by atoms with Crippen LogP contribution >= 0.6 is 0 Å². The van der Waals surface area contributed by atoms with E-state index in [1.165, 1.54) is 135 Å². The molecule has 15 heteroatoms. The van der Waals surface area contributed by atoms with Crippen LogP contribution in [0.15, 0.2) is 109 Å². The number of benzene rings is 4. The molecule has 0 aromatic heterocycles. The molecule has 13 nitrogen and oxygen atoms in total. The Morgan fingerprint density at radius 1 is 0.478 bits per heavy atom. The van der Waals surface area contributed by atoms with Gasteiger partial charge in [0.25, 0.3) is 20.2 Å². The van der Waals surface area contributed by atoms with Crippen LogP contribution in [0.3, 0.4) is 0 Å². The molecule has 0 saturated heterocycles. The number of unbranched alkanes of at least 4 members (excludes halogenated alkanes) is 4. The van der Waals surface area contributed by atoms with Crippen LogP contribution in [0.5, 0.6) is 5.75 Å². The van der Waals surface area contributed by atoms with Gasteiger partial charge in [0.05, 0.1) is 22.0 Å². The van der Waals surface area contributed by atoms with Crippen molar-refractivity contribution in [3.05, 3.63) is 78.9 Å². The van der Waals surface area contributed by atoms with Gasteiger partial charge in [-0.15, -0.1) is 5.11 Å². The zero-order valence-electron chi connectivity index (χ0n) is 43.0. The van der Waals surface area contributed by atoms with E-state index < -0.39 is 35.8 Å². The first-order chi connectivity index (χ1) is 33.1. The predicted octanol–water partition coefficient (Wildman–Crippen LogP) is 15.9. The normalized spacial score (nSPS) is 13.7. The summed E-state index contributed by atoms with van der Waals surface area (Å²) in [6.45, 7) is 23.4. The number of azo groups is 2. The lowest BCUT2D eigenvalue weighted by molar-refractivity contribution is 0.372. The summed E-state index contributed by atoms with van der Waals surface area (Å²) in [5.41, 5.74) is 1.20. The number of phenols is 1. The molecule has 0 aliphatic heterocycles. The highest BCUT2D eigenvalue weighted by Crippen LogP contribution is 2.42. The quantitative estimate of drug-likeness (QED) is 0.0249. The molecule has 4 aromatic carbocycles. The van der Waals surface area contributed by atoms with Crippen LogP contribution < -0.4 is 10.6 Å². The lowest BCUT2D eigenvalue weighted by Gasteiger charge is -2.19. The molecule has 69 heavy (non-hydrogen) atoms. The fraction of sp³-hybridized carbons (Fsp3) is 0.593. The summed E-state index contributed by atoms with van der Waals surface area (Å²) in [7, 11) is -9.49. The summed E-state index contributed by atoms with van der Waals surface area (Å²) < 4.78 is 65.2. The lowest BCUT2D eigenvalue weighted by Crippen LogP contribution is -2.28. The van der Waals surface area contributed by atoms with Gasteiger partial charge in [-0.2, -0.15) is 32.2 Å². The third kappa shape index (κ3) is 24.0. The summed E-state index contributed by atoms with van der Waals surface area (Å²) in [6.07, 6.45) is 21.9. The maximum absolute atomic E-state index is 11.7. The van der Waals surface area contributed by atoms with E-state index in [9.17, 15) is 31.0 Å². The van der Waals surface area contributed by atoms with E-state index >= 15 is 0 Å². The molecule has 0 aliphatic rings. The molecule has 4 atom stereocenters. The zero-order valence-corrected chi connectivity index (χ0v) is 44.7. The molecule has 0 amide bonds. The summed E-state index contributed by atoms with van der Waals surface area (Å²) >= 11 is 0.